The van der Waals surface area contributed by atoms with Crippen LogP contribution in [-0.2, 0) is 17.6 Å². The van der Waals surface area contributed by atoms with E-state index >= 15 is 0 Å². The number of carbonyl (C=O) groups is 1. The van der Waals surface area contributed by atoms with Gasteiger partial charge in [0.1, 0.15) is 0 Å². The minimum absolute atomic E-state index is 0.0448. The van der Waals surface area contributed by atoms with Gasteiger partial charge in [-0.25, -0.2) is 0 Å². The summed E-state index contributed by atoms with van der Waals surface area (Å²) in [5.41, 5.74) is 1.98. The fraction of sp³-hybridized carbons (Fsp3) is 0.500. The van der Waals surface area contributed by atoms with Gasteiger partial charge in [0, 0.05) is 46.8 Å². The van der Waals surface area contributed by atoms with Gasteiger partial charge in [0.15, 0.2) is 5.43 Å². The molecule has 1 aromatic carbocycles. The Hall–Kier alpha value is -1.72. The van der Waals surface area contributed by atoms with Crippen LogP contribution < -0.4 is 5.43 Å². The summed E-state index contributed by atoms with van der Waals surface area (Å²) in [6.45, 7) is 5.55. The van der Waals surface area contributed by atoms with Crippen molar-refractivity contribution in [2.45, 2.75) is 33.1 Å². The molecule has 0 aliphatic heterocycles. The standard InChI is InChI=1S/C20H25NO3S/c1-20(2)8-7-15-17(12-20)25-16-11-13(5-6-14(16)18(15)22)19(23)21(3)9-10-24-4/h5-6,11H,7-10,12H2,1-4H3. The summed E-state index contributed by atoms with van der Waals surface area (Å²) in [5.74, 6) is -0.0448. The molecule has 0 fully saturated rings. The number of fused-ring (bicyclic) bond motifs is 2. The molecule has 4 nitrogen and oxygen atoms in total. The first kappa shape index (κ1) is 18.1. The van der Waals surface area contributed by atoms with Gasteiger partial charge >= 0.3 is 0 Å². The maximum atomic E-state index is 12.8. The SMILES string of the molecule is COCCN(C)C(=O)c1ccc2c(=O)c3c(sc2c1)CC(C)(C)CC3. The second-order valence-electron chi connectivity index (χ2n) is 7.60. The molecule has 0 saturated heterocycles. The normalized spacial score (nSPS) is 15.8. The average molecular weight is 359 g/mol. The summed E-state index contributed by atoms with van der Waals surface area (Å²) < 4.78 is 5.94. The number of amides is 1. The van der Waals surface area contributed by atoms with Crippen molar-refractivity contribution in [3.05, 3.63) is 44.4 Å². The third-order valence-electron chi connectivity index (χ3n) is 4.99. The molecule has 0 unspecified atom stereocenters. The summed E-state index contributed by atoms with van der Waals surface area (Å²) in [6.07, 6.45) is 2.84. The molecule has 0 spiro atoms. The van der Waals surface area contributed by atoms with Gasteiger partial charge in [-0.2, -0.15) is 0 Å². The molecule has 1 aromatic heterocycles. The Morgan fingerprint density at radius 3 is 2.84 bits per heavy atom. The molecule has 1 aliphatic rings. The van der Waals surface area contributed by atoms with Crippen LogP contribution in [0.25, 0.3) is 10.1 Å². The van der Waals surface area contributed by atoms with E-state index in [1.54, 1.807) is 36.5 Å². The van der Waals surface area contributed by atoms with Crippen molar-refractivity contribution >= 4 is 27.3 Å². The van der Waals surface area contributed by atoms with Crippen molar-refractivity contribution in [2.75, 3.05) is 27.3 Å². The Balaban J connectivity index is 2.01. The lowest BCUT2D eigenvalue weighted by Crippen LogP contribution is -2.30. The summed E-state index contributed by atoms with van der Waals surface area (Å²) in [5, 5.41) is 0.736. The summed E-state index contributed by atoms with van der Waals surface area (Å²) in [6, 6.07) is 5.45. The van der Waals surface area contributed by atoms with E-state index in [0.717, 1.165) is 34.9 Å². The maximum Gasteiger partial charge on any atom is 0.253 e. The minimum Gasteiger partial charge on any atom is -0.383 e. The molecule has 134 valence electrons. The molecule has 0 atom stereocenters. The number of rotatable bonds is 4. The van der Waals surface area contributed by atoms with Crippen molar-refractivity contribution in [2.24, 2.45) is 5.41 Å². The lowest BCUT2D eigenvalue weighted by atomic mass is 9.77. The van der Waals surface area contributed by atoms with E-state index in [-0.39, 0.29) is 16.8 Å². The van der Waals surface area contributed by atoms with Crippen molar-refractivity contribution in [3.63, 3.8) is 0 Å². The lowest BCUT2D eigenvalue weighted by Gasteiger charge is -2.30. The number of ether oxygens (including phenoxy) is 1. The van der Waals surface area contributed by atoms with Crippen molar-refractivity contribution in [3.8, 4) is 0 Å². The van der Waals surface area contributed by atoms with Crippen molar-refractivity contribution < 1.29 is 9.53 Å². The molecular formula is C20H25NO3S. The summed E-state index contributed by atoms with van der Waals surface area (Å²) in [4.78, 5) is 28.2. The number of nitrogens with zero attached hydrogens (tertiary/aromatic N) is 1. The van der Waals surface area contributed by atoms with Gasteiger partial charge in [-0.05, 0) is 42.9 Å². The van der Waals surface area contributed by atoms with E-state index in [0.29, 0.717) is 18.7 Å². The molecule has 0 radical (unpaired) electrons. The molecule has 0 N–H and O–H groups in total. The zero-order valence-electron chi connectivity index (χ0n) is 15.3. The monoisotopic (exact) mass is 359 g/mol. The third-order valence-corrected chi connectivity index (χ3v) is 6.18. The van der Waals surface area contributed by atoms with Crippen LogP contribution in [-0.4, -0.2) is 38.1 Å². The molecule has 0 bridgehead atoms. The first-order chi connectivity index (χ1) is 11.8. The van der Waals surface area contributed by atoms with Gasteiger partial charge in [-0.1, -0.05) is 13.8 Å². The van der Waals surface area contributed by atoms with Gasteiger partial charge in [0.25, 0.3) is 5.91 Å². The van der Waals surface area contributed by atoms with Crippen LogP contribution in [0.1, 0.15) is 41.1 Å². The van der Waals surface area contributed by atoms with Gasteiger partial charge in [0.2, 0.25) is 0 Å². The van der Waals surface area contributed by atoms with E-state index in [1.807, 2.05) is 12.1 Å². The van der Waals surface area contributed by atoms with Crippen LogP contribution in [0.2, 0.25) is 0 Å². The quantitative estimate of drug-likeness (QED) is 0.839. The van der Waals surface area contributed by atoms with Crippen molar-refractivity contribution in [1.29, 1.82) is 0 Å². The van der Waals surface area contributed by atoms with Crippen molar-refractivity contribution in [1.82, 2.24) is 4.90 Å². The predicted octanol–water partition coefficient (Wildman–Crippen LogP) is 3.49. The lowest BCUT2D eigenvalue weighted by molar-refractivity contribution is 0.0744. The van der Waals surface area contributed by atoms with E-state index in [1.165, 1.54) is 4.88 Å². The number of methoxy groups -OCH3 is 1. The highest BCUT2D eigenvalue weighted by atomic mass is 32.1. The smallest absolute Gasteiger partial charge is 0.253 e. The van der Waals surface area contributed by atoms with E-state index in [2.05, 4.69) is 13.8 Å². The van der Waals surface area contributed by atoms with Crippen LogP contribution in [0, 0.1) is 5.41 Å². The van der Waals surface area contributed by atoms with Crippen LogP contribution in [0.4, 0.5) is 0 Å². The van der Waals surface area contributed by atoms with E-state index in [9.17, 15) is 9.59 Å². The summed E-state index contributed by atoms with van der Waals surface area (Å²) >= 11 is 1.67. The average Bonchev–Trinajstić information content (AvgIpc) is 2.57. The predicted molar refractivity (Wildman–Crippen MR) is 103 cm³/mol. The highest BCUT2D eigenvalue weighted by Gasteiger charge is 2.28. The molecular weight excluding hydrogens is 334 g/mol. The van der Waals surface area contributed by atoms with Gasteiger partial charge in [-0.15, -0.1) is 11.3 Å². The first-order valence-electron chi connectivity index (χ1n) is 8.65. The highest BCUT2D eigenvalue weighted by Crippen LogP contribution is 2.37. The first-order valence-corrected chi connectivity index (χ1v) is 9.47. The molecule has 2 aromatic rings. The second kappa shape index (κ2) is 6.89. The Labute approximate surface area is 152 Å². The Kier molecular flexibility index (Phi) is 4.98. The number of hydrogen-bond acceptors (Lipinski definition) is 4. The molecule has 1 amide bonds. The zero-order valence-corrected chi connectivity index (χ0v) is 16.2. The Morgan fingerprint density at radius 1 is 1.36 bits per heavy atom. The second-order valence-corrected chi connectivity index (χ2v) is 8.74. The van der Waals surface area contributed by atoms with Gasteiger partial charge in [0.05, 0.1) is 6.61 Å². The van der Waals surface area contributed by atoms with Crippen LogP contribution >= 0.6 is 11.3 Å². The maximum absolute atomic E-state index is 12.8. The molecule has 25 heavy (non-hydrogen) atoms. The van der Waals surface area contributed by atoms with E-state index < -0.39 is 0 Å². The Morgan fingerprint density at radius 2 is 2.12 bits per heavy atom. The number of hydrogen-bond donors (Lipinski definition) is 0. The molecule has 5 heteroatoms. The number of carbonyl (C=O) groups excluding carboxylic acids is 1. The molecule has 1 aliphatic carbocycles. The van der Waals surface area contributed by atoms with Crippen LogP contribution in [0.5, 0.6) is 0 Å². The zero-order chi connectivity index (χ0) is 18.2. The van der Waals surface area contributed by atoms with Crippen LogP contribution in [0.3, 0.4) is 0 Å². The molecule has 1 heterocycles. The fourth-order valence-corrected chi connectivity index (χ4v) is 4.85. The number of likely N-dealkylation sites (N-methyl/N-ethyl adjacent to an activating group) is 1. The Bertz CT molecular complexity index is 869. The summed E-state index contributed by atoms with van der Waals surface area (Å²) in [7, 11) is 3.39. The highest BCUT2D eigenvalue weighted by molar-refractivity contribution is 7.18. The van der Waals surface area contributed by atoms with Gasteiger partial charge in [-0.3, -0.25) is 9.59 Å². The minimum atomic E-state index is -0.0448. The number of benzene rings is 1. The van der Waals surface area contributed by atoms with Crippen LogP contribution in [0.15, 0.2) is 23.0 Å². The van der Waals surface area contributed by atoms with E-state index in [4.69, 9.17) is 4.74 Å². The molecule has 3 rings (SSSR count). The fourth-order valence-electron chi connectivity index (χ4n) is 3.34. The molecule has 0 saturated carbocycles. The third kappa shape index (κ3) is 3.62. The topological polar surface area (TPSA) is 46.6 Å². The van der Waals surface area contributed by atoms with Gasteiger partial charge < -0.3 is 9.64 Å². The largest absolute Gasteiger partial charge is 0.383 e.